The van der Waals surface area contributed by atoms with Crippen LogP contribution in [-0.2, 0) is 19.1 Å². The average Bonchev–Trinajstić information content (AvgIpc) is 3.06. The summed E-state index contributed by atoms with van der Waals surface area (Å²) in [6.45, 7) is -0.378. The molecule has 10 heteroatoms. The average molecular weight is 521 g/mol. The summed E-state index contributed by atoms with van der Waals surface area (Å²) < 4.78 is 5.76. The maximum atomic E-state index is 12.3. The lowest BCUT2D eigenvalue weighted by Crippen LogP contribution is -2.28. The second-order valence-electron chi connectivity index (χ2n) is 6.29. The molecule has 3 rings (SSSR count). The van der Waals surface area contributed by atoms with E-state index in [1.807, 2.05) is 0 Å². The fourth-order valence-electron chi connectivity index (χ4n) is 2.82. The number of hydrogen-bond acceptors (Lipinski definition) is 4. The van der Waals surface area contributed by atoms with Crippen LogP contribution in [0.1, 0.15) is 6.42 Å². The highest BCUT2D eigenvalue weighted by atomic mass is 79.9. The van der Waals surface area contributed by atoms with Crippen LogP contribution in [0, 0.1) is 5.92 Å². The molecule has 0 spiro atoms. The molecule has 0 aliphatic carbocycles. The van der Waals surface area contributed by atoms with Crippen molar-refractivity contribution in [2.75, 3.05) is 23.4 Å². The van der Waals surface area contributed by atoms with E-state index in [9.17, 15) is 14.4 Å². The van der Waals surface area contributed by atoms with E-state index in [-0.39, 0.29) is 18.9 Å². The zero-order valence-corrected chi connectivity index (χ0v) is 18.6. The van der Waals surface area contributed by atoms with E-state index in [1.165, 1.54) is 4.90 Å². The summed E-state index contributed by atoms with van der Waals surface area (Å²) in [5, 5.41) is 3.79. The van der Waals surface area contributed by atoms with Crippen LogP contribution >= 0.6 is 50.7 Å². The van der Waals surface area contributed by atoms with E-state index >= 15 is 0 Å². The number of rotatable bonds is 5. The van der Waals surface area contributed by atoms with Crippen LogP contribution in [-0.4, -0.2) is 30.9 Å². The number of hydrogen-bond donors (Lipinski definition) is 1. The molecule has 0 saturated carbocycles. The van der Waals surface area contributed by atoms with Crippen molar-refractivity contribution in [2.24, 2.45) is 5.92 Å². The Labute approximate surface area is 190 Å². The highest BCUT2D eigenvalue weighted by Crippen LogP contribution is 2.33. The van der Waals surface area contributed by atoms with Gasteiger partial charge in [-0.25, -0.2) is 0 Å². The molecule has 0 unspecified atom stereocenters. The van der Waals surface area contributed by atoms with Gasteiger partial charge in [-0.1, -0.05) is 34.8 Å². The van der Waals surface area contributed by atoms with Gasteiger partial charge in [0, 0.05) is 28.1 Å². The van der Waals surface area contributed by atoms with E-state index < -0.39 is 24.4 Å². The Bertz CT molecular complexity index is 986. The Kier molecular flexibility index (Phi) is 7.05. The van der Waals surface area contributed by atoms with Crippen molar-refractivity contribution < 1.29 is 19.1 Å². The van der Waals surface area contributed by atoms with Crippen LogP contribution in [0.5, 0.6) is 0 Å². The van der Waals surface area contributed by atoms with Gasteiger partial charge in [0.25, 0.3) is 5.91 Å². The first-order chi connectivity index (χ1) is 13.7. The number of nitrogens with one attached hydrogen (secondary N) is 1. The maximum Gasteiger partial charge on any atom is 0.311 e. The minimum Gasteiger partial charge on any atom is -0.455 e. The van der Waals surface area contributed by atoms with E-state index in [1.54, 1.807) is 36.4 Å². The number of nitrogens with zero attached hydrogens (tertiary/aromatic N) is 1. The molecule has 152 valence electrons. The predicted octanol–water partition coefficient (Wildman–Crippen LogP) is 4.94. The number of esters is 1. The highest BCUT2D eigenvalue weighted by molar-refractivity contribution is 9.10. The molecule has 1 fully saturated rings. The minimum atomic E-state index is -0.701. The number of amides is 2. The summed E-state index contributed by atoms with van der Waals surface area (Å²) in [4.78, 5) is 38.0. The van der Waals surface area contributed by atoms with Gasteiger partial charge in [-0.3, -0.25) is 14.4 Å². The standard InChI is InChI=1S/C19H14BrCl3N2O4/c20-13-3-2-12(7-15(13)23)24-17(26)9-29-19(28)10-5-18(27)25(8-10)16-6-11(21)1-4-14(16)22/h1-4,6-7,10H,5,8-9H2,(H,24,26)/t10-/m0/s1. The van der Waals surface area contributed by atoms with Gasteiger partial charge in [0.05, 0.1) is 21.7 Å². The van der Waals surface area contributed by atoms with Gasteiger partial charge in [-0.15, -0.1) is 0 Å². The Morgan fingerprint density at radius 1 is 1.14 bits per heavy atom. The summed E-state index contributed by atoms with van der Waals surface area (Å²) in [5.74, 6) is -2.13. The molecule has 2 aromatic rings. The van der Waals surface area contributed by atoms with Crippen LogP contribution in [0.4, 0.5) is 11.4 Å². The first kappa shape index (κ1) is 21.9. The van der Waals surface area contributed by atoms with Gasteiger partial charge in [0.2, 0.25) is 5.91 Å². The Hall–Kier alpha value is -1.80. The van der Waals surface area contributed by atoms with Gasteiger partial charge in [0.1, 0.15) is 0 Å². The second kappa shape index (κ2) is 9.34. The van der Waals surface area contributed by atoms with E-state index in [4.69, 9.17) is 39.5 Å². The normalized spacial score (nSPS) is 16.1. The van der Waals surface area contributed by atoms with Crippen LogP contribution in [0.15, 0.2) is 40.9 Å². The van der Waals surface area contributed by atoms with Gasteiger partial charge in [-0.05, 0) is 52.3 Å². The van der Waals surface area contributed by atoms with Crippen molar-refractivity contribution in [3.63, 3.8) is 0 Å². The van der Waals surface area contributed by atoms with Crippen LogP contribution in [0.2, 0.25) is 15.1 Å². The van der Waals surface area contributed by atoms with Crippen molar-refractivity contribution >= 4 is 79.9 Å². The van der Waals surface area contributed by atoms with E-state index in [0.717, 1.165) is 0 Å². The Morgan fingerprint density at radius 2 is 1.90 bits per heavy atom. The Morgan fingerprint density at radius 3 is 2.62 bits per heavy atom. The first-order valence-electron chi connectivity index (χ1n) is 8.41. The minimum absolute atomic E-state index is 0.0361. The van der Waals surface area contributed by atoms with Gasteiger partial charge < -0.3 is 15.0 Å². The molecule has 1 atom stereocenters. The largest absolute Gasteiger partial charge is 0.455 e. The highest BCUT2D eigenvalue weighted by Gasteiger charge is 2.37. The molecule has 0 radical (unpaired) electrons. The molecule has 2 amide bonds. The molecular formula is C19H14BrCl3N2O4. The third kappa shape index (κ3) is 5.42. The molecule has 1 N–H and O–H groups in total. The lowest BCUT2D eigenvalue weighted by atomic mass is 10.1. The molecule has 2 aromatic carbocycles. The smallest absolute Gasteiger partial charge is 0.311 e. The zero-order chi connectivity index (χ0) is 21.1. The summed E-state index contributed by atoms with van der Waals surface area (Å²) in [7, 11) is 0. The van der Waals surface area contributed by atoms with Gasteiger partial charge in [0.15, 0.2) is 6.61 Å². The second-order valence-corrected chi connectivity index (χ2v) is 8.39. The molecule has 6 nitrogen and oxygen atoms in total. The zero-order valence-electron chi connectivity index (χ0n) is 14.8. The molecule has 1 heterocycles. The quantitative estimate of drug-likeness (QED) is 0.567. The number of carbonyl (C=O) groups excluding carboxylic acids is 3. The van der Waals surface area contributed by atoms with E-state index in [2.05, 4.69) is 21.2 Å². The first-order valence-corrected chi connectivity index (χ1v) is 10.3. The summed E-state index contributed by atoms with van der Waals surface area (Å²) in [6, 6.07) is 9.65. The molecule has 1 aliphatic heterocycles. The lowest BCUT2D eigenvalue weighted by molar-refractivity contribution is -0.151. The summed E-state index contributed by atoms with van der Waals surface area (Å²) >= 11 is 21.3. The fraction of sp³-hybridized carbons (Fsp3) is 0.211. The molecule has 1 aliphatic rings. The summed E-state index contributed by atoms with van der Waals surface area (Å²) in [5.41, 5.74) is 0.904. The number of halogens is 4. The molecule has 29 heavy (non-hydrogen) atoms. The maximum absolute atomic E-state index is 12.3. The SMILES string of the molecule is O=C(COC(=O)[C@H]1CC(=O)N(c2cc(Cl)ccc2Cl)C1)Nc1ccc(Br)c(Cl)c1. The number of ether oxygens (including phenoxy) is 1. The topological polar surface area (TPSA) is 75.7 Å². The van der Waals surface area contributed by atoms with Crippen molar-refractivity contribution in [3.05, 3.63) is 55.9 Å². The van der Waals surface area contributed by atoms with Crippen LogP contribution in [0.3, 0.4) is 0 Å². The van der Waals surface area contributed by atoms with Crippen molar-refractivity contribution in [3.8, 4) is 0 Å². The molecule has 0 bridgehead atoms. The molecule has 1 saturated heterocycles. The van der Waals surface area contributed by atoms with Crippen molar-refractivity contribution in [1.29, 1.82) is 0 Å². The number of carbonyl (C=O) groups is 3. The van der Waals surface area contributed by atoms with Gasteiger partial charge in [-0.2, -0.15) is 0 Å². The van der Waals surface area contributed by atoms with Crippen molar-refractivity contribution in [2.45, 2.75) is 6.42 Å². The third-order valence-electron chi connectivity index (χ3n) is 4.21. The van der Waals surface area contributed by atoms with Gasteiger partial charge >= 0.3 is 5.97 Å². The van der Waals surface area contributed by atoms with Crippen LogP contribution in [0.25, 0.3) is 0 Å². The predicted molar refractivity (Wildman–Crippen MR) is 116 cm³/mol. The molecular weight excluding hydrogens is 506 g/mol. The number of benzene rings is 2. The fourth-order valence-corrected chi connectivity index (χ4v) is 3.63. The van der Waals surface area contributed by atoms with Crippen molar-refractivity contribution in [1.82, 2.24) is 0 Å². The monoisotopic (exact) mass is 518 g/mol. The van der Waals surface area contributed by atoms with E-state index in [0.29, 0.717) is 30.9 Å². The number of anilines is 2. The third-order valence-corrected chi connectivity index (χ3v) is 5.99. The Balaban J connectivity index is 1.56. The summed E-state index contributed by atoms with van der Waals surface area (Å²) in [6.07, 6.45) is -0.0361. The molecule has 0 aromatic heterocycles. The van der Waals surface area contributed by atoms with Crippen LogP contribution < -0.4 is 10.2 Å². The lowest BCUT2D eigenvalue weighted by Gasteiger charge is -2.18.